The lowest BCUT2D eigenvalue weighted by molar-refractivity contribution is -0.119. The fraction of sp³-hybridized carbons (Fsp3) is 0.500. The lowest BCUT2D eigenvalue weighted by atomic mass is 9.86. The van der Waals surface area contributed by atoms with Gasteiger partial charge in [-0.25, -0.2) is 18.4 Å². The molecule has 3 N–H and O–H groups in total. The molecule has 0 radical (unpaired) electrons. The molecule has 0 saturated heterocycles. The molecule has 3 aliphatic carbocycles. The SMILES string of the molecule is Nc1cnc(NC(=O)[C@H](C[C@H]2CCC(=O)C2)c2ccc(S(=O)(=O)C3CC3)c(C3CC3)c2)cn1. The Balaban J connectivity index is 1.47. The number of rotatable bonds is 8. The maximum atomic E-state index is 13.4. The van der Waals surface area contributed by atoms with E-state index in [1.54, 1.807) is 12.1 Å². The van der Waals surface area contributed by atoms with E-state index >= 15 is 0 Å². The molecule has 174 valence electrons. The predicted octanol–water partition coefficient (Wildman–Crippen LogP) is 3.35. The van der Waals surface area contributed by atoms with Gasteiger partial charge in [0, 0.05) is 12.8 Å². The van der Waals surface area contributed by atoms with Crippen LogP contribution >= 0.6 is 0 Å². The van der Waals surface area contributed by atoms with Crippen molar-refractivity contribution in [2.75, 3.05) is 11.1 Å². The van der Waals surface area contributed by atoms with E-state index in [0.29, 0.717) is 30.0 Å². The second kappa shape index (κ2) is 8.52. The highest BCUT2D eigenvalue weighted by Gasteiger charge is 2.41. The first-order chi connectivity index (χ1) is 15.8. The third-order valence-electron chi connectivity index (χ3n) is 6.88. The molecule has 3 saturated carbocycles. The van der Waals surface area contributed by atoms with Crippen molar-refractivity contribution in [2.24, 2.45) is 5.92 Å². The summed E-state index contributed by atoms with van der Waals surface area (Å²) in [5.41, 5.74) is 7.21. The Morgan fingerprint density at radius 3 is 2.52 bits per heavy atom. The van der Waals surface area contributed by atoms with Crippen LogP contribution in [0.5, 0.6) is 0 Å². The van der Waals surface area contributed by atoms with E-state index in [1.165, 1.54) is 12.4 Å². The number of ketones is 1. The van der Waals surface area contributed by atoms with Crippen molar-refractivity contribution in [3.8, 4) is 0 Å². The van der Waals surface area contributed by atoms with Gasteiger partial charge in [0.05, 0.1) is 28.5 Å². The number of Topliss-reactive ketones (excluding diaryl/α,β-unsaturated/α-hetero) is 1. The Kier molecular flexibility index (Phi) is 5.68. The number of nitrogens with two attached hydrogens (primary N) is 1. The number of carbonyl (C=O) groups is 2. The van der Waals surface area contributed by atoms with Crippen molar-refractivity contribution in [3.63, 3.8) is 0 Å². The molecule has 1 aromatic carbocycles. The number of nitrogen functional groups attached to an aromatic ring is 1. The first kappa shape index (κ1) is 22.0. The third kappa shape index (κ3) is 4.78. The van der Waals surface area contributed by atoms with Crippen molar-refractivity contribution >= 4 is 33.2 Å². The van der Waals surface area contributed by atoms with Crippen LogP contribution in [-0.2, 0) is 19.4 Å². The van der Waals surface area contributed by atoms with Crippen LogP contribution in [0, 0.1) is 5.92 Å². The van der Waals surface area contributed by atoms with Gasteiger partial charge in [-0.15, -0.1) is 0 Å². The van der Waals surface area contributed by atoms with Gasteiger partial charge in [-0.1, -0.05) is 12.1 Å². The summed E-state index contributed by atoms with van der Waals surface area (Å²) in [5, 5.41) is 2.55. The number of hydrogen-bond donors (Lipinski definition) is 2. The molecule has 2 aromatic rings. The lowest BCUT2D eigenvalue weighted by Crippen LogP contribution is -2.24. The van der Waals surface area contributed by atoms with Gasteiger partial charge in [-0.05, 0) is 67.6 Å². The standard InChI is InChI=1S/C24H28N4O4S/c25-22-12-27-23(13-26-22)28-24(30)20(10-14-1-5-17(29)9-14)16-4-8-21(19(11-16)15-2-3-15)33(31,32)18-6-7-18/h4,8,11-15,18,20H,1-3,5-7,9-10H2,(H2,25,26)(H,27,28,30)/t14-,20+/m0/s1. The van der Waals surface area contributed by atoms with Crippen LogP contribution in [-0.4, -0.2) is 35.3 Å². The van der Waals surface area contributed by atoms with E-state index in [-0.39, 0.29) is 34.6 Å². The van der Waals surface area contributed by atoms with Crippen LogP contribution in [0.15, 0.2) is 35.5 Å². The van der Waals surface area contributed by atoms with Gasteiger partial charge < -0.3 is 11.1 Å². The minimum Gasteiger partial charge on any atom is -0.382 e. The highest BCUT2D eigenvalue weighted by molar-refractivity contribution is 7.92. The minimum absolute atomic E-state index is 0.130. The maximum Gasteiger partial charge on any atom is 0.233 e. The van der Waals surface area contributed by atoms with Gasteiger partial charge in [-0.2, -0.15) is 0 Å². The Hall–Kier alpha value is -2.81. The molecule has 0 spiro atoms. The van der Waals surface area contributed by atoms with Crippen LogP contribution in [0.4, 0.5) is 11.6 Å². The van der Waals surface area contributed by atoms with Crippen LogP contribution in [0.3, 0.4) is 0 Å². The molecule has 1 heterocycles. The molecule has 0 aliphatic heterocycles. The molecule has 5 rings (SSSR count). The summed E-state index contributed by atoms with van der Waals surface area (Å²) in [4.78, 5) is 33.7. The zero-order valence-corrected chi connectivity index (χ0v) is 19.2. The first-order valence-electron chi connectivity index (χ1n) is 11.6. The highest BCUT2D eigenvalue weighted by atomic mass is 32.2. The first-order valence-corrected chi connectivity index (χ1v) is 13.1. The van der Waals surface area contributed by atoms with Gasteiger partial charge in [0.2, 0.25) is 5.91 Å². The fourth-order valence-corrected chi connectivity index (χ4v) is 6.68. The Labute approximate surface area is 193 Å². The molecule has 3 fully saturated rings. The van der Waals surface area contributed by atoms with Crippen LogP contribution in [0.25, 0.3) is 0 Å². The molecule has 2 atom stereocenters. The molecular formula is C24H28N4O4S. The summed E-state index contributed by atoms with van der Waals surface area (Å²) >= 11 is 0. The summed E-state index contributed by atoms with van der Waals surface area (Å²) in [5.74, 6) is 0.391. The Bertz CT molecular complexity index is 1190. The number of anilines is 2. The summed E-state index contributed by atoms with van der Waals surface area (Å²) in [6.07, 6.45) is 8.48. The van der Waals surface area contributed by atoms with E-state index < -0.39 is 15.8 Å². The number of nitrogens with one attached hydrogen (secondary N) is 1. The average Bonchev–Trinajstić information content (AvgIpc) is 3.70. The minimum atomic E-state index is -3.32. The maximum absolute atomic E-state index is 13.4. The second-order valence-corrected chi connectivity index (χ2v) is 11.8. The second-order valence-electron chi connectivity index (χ2n) is 9.57. The van der Waals surface area contributed by atoms with Crippen molar-refractivity contribution in [1.29, 1.82) is 0 Å². The summed E-state index contributed by atoms with van der Waals surface area (Å²) in [7, 11) is -3.32. The highest BCUT2D eigenvalue weighted by Crippen LogP contribution is 2.47. The average molecular weight is 469 g/mol. The van der Waals surface area contributed by atoms with Crippen LogP contribution in [0.1, 0.15) is 74.3 Å². The predicted molar refractivity (Wildman–Crippen MR) is 123 cm³/mol. The van der Waals surface area contributed by atoms with Crippen molar-refractivity contribution in [2.45, 2.75) is 73.3 Å². The number of aromatic nitrogens is 2. The number of sulfone groups is 1. The number of benzene rings is 1. The Morgan fingerprint density at radius 2 is 1.91 bits per heavy atom. The van der Waals surface area contributed by atoms with Crippen molar-refractivity contribution < 1.29 is 18.0 Å². The zero-order chi connectivity index (χ0) is 23.2. The monoisotopic (exact) mass is 468 g/mol. The van der Waals surface area contributed by atoms with E-state index in [9.17, 15) is 18.0 Å². The van der Waals surface area contributed by atoms with E-state index in [1.807, 2.05) is 6.07 Å². The van der Waals surface area contributed by atoms with Gasteiger partial charge in [0.1, 0.15) is 11.6 Å². The molecule has 3 aliphatic rings. The van der Waals surface area contributed by atoms with Crippen molar-refractivity contribution in [1.82, 2.24) is 9.97 Å². The lowest BCUT2D eigenvalue weighted by Gasteiger charge is -2.22. The van der Waals surface area contributed by atoms with Crippen molar-refractivity contribution in [3.05, 3.63) is 41.7 Å². The van der Waals surface area contributed by atoms with Gasteiger partial charge in [-0.3, -0.25) is 9.59 Å². The van der Waals surface area contributed by atoms with E-state index in [2.05, 4.69) is 15.3 Å². The molecular weight excluding hydrogens is 440 g/mol. The molecule has 0 unspecified atom stereocenters. The smallest absolute Gasteiger partial charge is 0.233 e. The van der Waals surface area contributed by atoms with E-state index in [0.717, 1.165) is 43.2 Å². The largest absolute Gasteiger partial charge is 0.382 e. The van der Waals surface area contributed by atoms with Gasteiger partial charge >= 0.3 is 0 Å². The summed E-state index contributed by atoms with van der Waals surface area (Å²) < 4.78 is 26.0. The normalized spacial score (nSPS) is 21.7. The number of nitrogens with zero attached hydrogens (tertiary/aromatic N) is 2. The number of carbonyl (C=O) groups excluding carboxylic acids is 2. The Morgan fingerprint density at radius 1 is 1.12 bits per heavy atom. The topological polar surface area (TPSA) is 132 Å². The molecule has 8 nitrogen and oxygen atoms in total. The van der Waals surface area contributed by atoms with E-state index in [4.69, 9.17) is 5.73 Å². The molecule has 0 bridgehead atoms. The third-order valence-corrected chi connectivity index (χ3v) is 9.21. The molecule has 9 heteroatoms. The molecule has 1 amide bonds. The van der Waals surface area contributed by atoms with Crippen LogP contribution < -0.4 is 11.1 Å². The summed E-state index contributed by atoms with van der Waals surface area (Å²) in [6, 6.07) is 5.39. The van der Waals surface area contributed by atoms with Gasteiger partial charge in [0.25, 0.3) is 0 Å². The van der Waals surface area contributed by atoms with Gasteiger partial charge in [0.15, 0.2) is 15.7 Å². The fourth-order valence-electron chi connectivity index (χ4n) is 4.75. The molecule has 33 heavy (non-hydrogen) atoms. The summed E-state index contributed by atoms with van der Waals surface area (Å²) in [6.45, 7) is 0. The quantitative estimate of drug-likeness (QED) is 0.607. The zero-order valence-electron chi connectivity index (χ0n) is 18.4. The molecule has 1 aromatic heterocycles. The van der Waals surface area contributed by atoms with Crippen LogP contribution in [0.2, 0.25) is 0 Å². The number of hydrogen-bond acceptors (Lipinski definition) is 7. The number of amides is 1.